The zero-order valence-corrected chi connectivity index (χ0v) is 23.2. The normalized spacial score (nSPS) is 16.6. The number of hydrogen-bond acceptors (Lipinski definition) is 8. The lowest BCUT2D eigenvalue weighted by molar-refractivity contribution is -0.132. The molecule has 0 unspecified atom stereocenters. The van der Waals surface area contributed by atoms with Crippen molar-refractivity contribution in [1.29, 1.82) is 0 Å². The predicted molar refractivity (Wildman–Crippen MR) is 151 cm³/mol. The molecule has 1 aliphatic rings. The van der Waals surface area contributed by atoms with E-state index in [1.807, 2.05) is 18.2 Å². The summed E-state index contributed by atoms with van der Waals surface area (Å²) in [6.07, 6.45) is 0.847. The van der Waals surface area contributed by atoms with Crippen molar-refractivity contribution in [2.24, 2.45) is 0 Å². The molecule has 1 N–H and O–H groups in total. The van der Waals surface area contributed by atoms with Gasteiger partial charge < -0.3 is 19.3 Å². The summed E-state index contributed by atoms with van der Waals surface area (Å²) in [5.41, 5.74) is 2.55. The molecule has 39 heavy (non-hydrogen) atoms. The predicted octanol–water partition coefficient (Wildman–Crippen LogP) is 6.16. The number of carbonyl (C=O) groups is 2. The summed E-state index contributed by atoms with van der Waals surface area (Å²) in [6.45, 7) is 2.06. The molecular formula is C29H25ClN2O6S. The summed E-state index contributed by atoms with van der Waals surface area (Å²) in [5.74, 6) is -0.957. The highest BCUT2D eigenvalue weighted by molar-refractivity contribution is 7.22. The van der Waals surface area contributed by atoms with Crippen molar-refractivity contribution >= 4 is 55.7 Å². The molecule has 4 aromatic rings. The first-order valence-electron chi connectivity index (χ1n) is 12.1. The van der Waals surface area contributed by atoms with Gasteiger partial charge in [0.1, 0.15) is 5.76 Å². The molecule has 0 spiro atoms. The molecule has 0 bridgehead atoms. The molecule has 1 amide bonds. The van der Waals surface area contributed by atoms with Gasteiger partial charge in [-0.1, -0.05) is 35.9 Å². The van der Waals surface area contributed by atoms with Crippen molar-refractivity contribution < 1.29 is 28.9 Å². The molecular weight excluding hydrogens is 540 g/mol. The molecule has 3 aromatic carbocycles. The minimum atomic E-state index is -1.03. The number of methoxy groups -OCH3 is 3. The molecule has 0 saturated carbocycles. The fourth-order valence-corrected chi connectivity index (χ4v) is 5.83. The maximum Gasteiger partial charge on any atom is 0.301 e. The first kappa shape index (κ1) is 26.5. The van der Waals surface area contributed by atoms with Gasteiger partial charge in [-0.15, -0.1) is 0 Å². The number of benzene rings is 3. The minimum Gasteiger partial charge on any atom is -0.507 e. The lowest BCUT2D eigenvalue weighted by Gasteiger charge is -2.24. The van der Waals surface area contributed by atoms with E-state index in [2.05, 4.69) is 6.92 Å². The molecule has 8 nitrogen and oxygen atoms in total. The number of aliphatic hydroxyl groups is 1. The van der Waals surface area contributed by atoms with Gasteiger partial charge in [-0.25, -0.2) is 4.98 Å². The number of rotatable bonds is 7. The molecule has 200 valence electrons. The third-order valence-corrected chi connectivity index (χ3v) is 7.89. The van der Waals surface area contributed by atoms with Crippen molar-refractivity contribution in [3.05, 3.63) is 81.9 Å². The van der Waals surface area contributed by atoms with E-state index in [1.54, 1.807) is 36.4 Å². The van der Waals surface area contributed by atoms with Crippen LogP contribution in [0.3, 0.4) is 0 Å². The summed E-state index contributed by atoms with van der Waals surface area (Å²) in [7, 11) is 4.44. The van der Waals surface area contributed by atoms with E-state index >= 15 is 0 Å². The van der Waals surface area contributed by atoms with Crippen LogP contribution in [0.5, 0.6) is 17.2 Å². The number of ketones is 1. The highest BCUT2D eigenvalue weighted by Gasteiger charge is 2.48. The van der Waals surface area contributed by atoms with Gasteiger partial charge in [-0.05, 0) is 66.1 Å². The zero-order valence-electron chi connectivity index (χ0n) is 21.6. The number of Topliss-reactive ketones (excluding diaryl/α,β-unsaturated/α-hetero) is 1. The van der Waals surface area contributed by atoms with Gasteiger partial charge in [-0.2, -0.15) is 0 Å². The molecule has 5 rings (SSSR count). The molecule has 1 saturated heterocycles. The van der Waals surface area contributed by atoms with Crippen LogP contribution in [0.15, 0.2) is 60.2 Å². The fourth-order valence-electron chi connectivity index (χ4n) is 4.65. The van der Waals surface area contributed by atoms with E-state index in [9.17, 15) is 14.7 Å². The van der Waals surface area contributed by atoms with Crippen molar-refractivity contribution in [3.8, 4) is 17.2 Å². The maximum absolute atomic E-state index is 13.6. The Morgan fingerprint density at radius 1 is 1.00 bits per heavy atom. The first-order chi connectivity index (χ1) is 18.8. The quantitative estimate of drug-likeness (QED) is 0.163. The van der Waals surface area contributed by atoms with Crippen LogP contribution in [0.25, 0.3) is 16.0 Å². The van der Waals surface area contributed by atoms with Gasteiger partial charge in [0, 0.05) is 10.6 Å². The van der Waals surface area contributed by atoms with Crippen LogP contribution in [0, 0.1) is 0 Å². The van der Waals surface area contributed by atoms with Crippen LogP contribution in [0.4, 0.5) is 5.13 Å². The number of halogens is 1. The molecule has 10 heteroatoms. The van der Waals surface area contributed by atoms with E-state index in [-0.39, 0.29) is 11.3 Å². The van der Waals surface area contributed by atoms with Crippen LogP contribution in [0.1, 0.15) is 29.7 Å². The average molecular weight is 565 g/mol. The van der Waals surface area contributed by atoms with Gasteiger partial charge in [0.2, 0.25) is 5.75 Å². The molecule has 0 radical (unpaired) electrons. The molecule has 1 aliphatic heterocycles. The van der Waals surface area contributed by atoms with Crippen LogP contribution < -0.4 is 19.1 Å². The van der Waals surface area contributed by atoms with Crippen LogP contribution in [-0.2, 0) is 16.0 Å². The Kier molecular flexibility index (Phi) is 7.20. The standard InChI is InChI=1S/C29H25ClN2O6S/c1-5-15-6-11-19-22(12-15)39-29(31-19)32-24(17-13-20(36-2)27(38-4)21(14-17)37-3)23(26(34)28(32)35)25(33)16-7-9-18(30)10-8-16/h6-14,24,33H,5H2,1-4H3/t24-/m0/s1. The van der Waals surface area contributed by atoms with E-state index in [0.717, 1.165) is 16.7 Å². The summed E-state index contributed by atoms with van der Waals surface area (Å²) < 4.78 is 17.4. The van der Waals surface area contributed by atoms with Crippen LogP contribution in [0.2, 0.25) is 5.02 Å². The van der Waals surface area contributed by atoms with Crippen LogP contribution >= 0.6 is 22.9 Å². The number of carbonyl (C=O) groups excluding carboxylic acids is 2. The van der Waals surface area contributed by atoms with Crippen molar-refractivity contribution in [3.63, 3.8) is 0 Å². The number of aliphatic hydroxyl groups excluding tert-OH is 1. The Morgan fingerprint density at radius 3 is 2.26 bits per heavy atom. The molecule has 0 aliphatic carbocycles. The zero-order chi connectivity index (χ0) is 27.8. The summed E-state index contributed by atoms with van der Waals surface area (Å²) >= 11 is 7.34. The van der Waals surface area contributed by atoms with E-state index in [0.29, 0.717) is 44.0 Å². The topological polar surface area (TPSA) is 98.2 Å². The second kappa shape index (κ2) is 10.6. The summed E-state index contributed by atoms with van der Waals surface area (Å²) in [4.78, 5) is 33.2. The van der Waals surface area contributed by atoms with Gasteiger partial charge in [0.15, 0.2) is 16.6 Å². The van der Waals surface area contributed by atoms with E-state index in [1.165, 1.54) is 37.6 Å². The number of thiazole rings is 1. The van der Waals surface area contributed by atoms with Gasteiger partial charge in [0.05, 0.1) is 43.2 Å². The number of fused-ring (bicyclic) bond motifs is 1. The lowest BCUT2D eigenvalue weighted by atomic mass is 9.95. The summed E-state index contributed by atoms with van der Waals surface area (Å²) in [5, 5.41) is 12.2. The van der Waals surface area contributed by atoms with Crippen molar-refractivity contribution in [1.82, 2.24) is 4.98 Å². The summed E-state index contributed by atoms with van der Waals surface area (Å²) in [6, 6.07) is 14.5. The average Bonchev–Trinajstić information content (AvgIpc) is 3.49. The molecule has 1 aromatic heterocycles. The minimum absolute atomic E-state index is 0.0925. The Morgan fingerprint density at radius 2 is 1.67 bits per heavy atom. The Labute approximate surface area is 234 Å². The third kappa shape index (κ3) is 4.57. The second-order valence-electron chi connectivity index (χ2n) is 8.79. The van der Waals surface area contributed by atoms with Crippen LogP contribution in [-0.4, -0.2) is 43.1 Å². The van der Waals surface area contributed by atoms with Gasteiger partial charge in [-0.3, -0.25) is 14.5 Å². The number of aryl methyl sites for hydroxylation is 1. The van der Waals surface area contributed by atoms with Gasteiger partial charge in [0.25, 0.3) is 5.78 Å². The number of ether oxygens (including phenoxy) is 3. The molecule has 1 fully saturated rings. The fraction of sp³-hybridized carbons (Fsp3) is 0.207. The number of hydrogen-bond donors (Lipinski definition) is 1. The second-order valence-corrected chi connectivity index (χ2v) is 10.2. The SMILES string of the molecule is CCc1ccc2nc(N3C(=O)C(=O)C(=C(O)c4ccc(Cl)cc4)[C@@H]3c3cc(OC)c(OC)c(OC)c3)sc2c1. The highest BCUT2D eigenvalue weighted by atomic mass is 35.5. The third-order valence-electron chi connectivity index (χ3n) is 6.62. The van der Waals surface area contributed by atoms with Crippen molar-refractivity contribution in [2.45, 2.75) is 19.4 Å². The largest absolute Gasteiger partial charge is 0.507 e. The monoisotopic (exact) mass is 564 g/mol. The first-order valence-corrected chi connectivity index (χ1v) is 13.3. The number of aromatic nitrogens is 1. The Balaban J connectivity index is 1.77. The smallest absolute Gasteiger partial charge is 0.301 e. The number of amides is 1. The molecule has 1 atom stereocenters. The molecule has 2 heterocycles. The highest BCUT2D eigenvalue weighted by Crippen LogP contribution is 2.48. The number of anilines is 1. The van der Waals surface area contributed by atoms with Gasteiger partial charge >= 0.3 is 5.91 Å². The van der Waals surface area contributed by atoms with E-state index in [4.69, 9.17) is 30.8 Å². The Hall–Kier alpha value is -4.08. The Bertz CT molecular complexity index is 1600. The number of nitrogens with zero attached hydrogens (tertiary/aromatic N) is 2. The maximum atomic E-state index is 13.6. The van der Waals surface area contributed by atoms with E-state index < -0.39 is 17.7 Å². The van der Waals surface area contributed by atoms with Crippen molar-refractivity contribution in [2.75, 3.05) is 26.2 Å². The lowest BCUT2D eigenvalue weighted by Crippen LogP contribution is -2.29.